The summed E-state index contributed by atoms with van der Waals surface area (Å²) in [6, 6.07) is 7.45. The summed E-state index contributed by atoms with van der Waals surface area (Å²) in [5.41, 5.74) is 0. The average molecular weight is 369 g/mol. The van der Waals surface area contributed by atoms with Crippen LogP contribution in [-0.4, -0.2) is 47.8 Å². The first-order valence-corrected chi connectivity index (χ1v) is 9.55. The quantitative estimate of drug-likeness (QED) is 0.833. The molecule has 7 heteroatoms. The van der Waals surface area contributed by atoms with Gasteiger partial charge in [-0.2, -0.15) is 0 Å². The molecule has 2 amide bonds. The van der Waals surface area contributed by atoms with Crippen LogP contribution in [0.4, 0.5) is 0 Å². The SMILES string of the molecule is O=C(Cc1ccc(Cl)s1)N1CCCN(C(=O)c2cccs2)CC1. The summed E-state index contributed by atoms with van der Waals surface area (Å²) in [6.45, 7) is 2.58. The monoisotopic (exact) mass is 368 g/mol. The summed E-state index contributed by atoms with van der Waals surface area (Å²) in [4.78, 5) is 30.3. The third kappa shape index (κ3) is 4.13. The van der Waals surface area contributed by atoms with Crippen molar-refractivity contribution in [3.8, 4) is 0 Å². The molecule has 3 rings (SSSR count). The Morgan fingerprint density at radius 2 is 1.87 bits per heavy atom. The third-order valence-corrected chi connectivity index (χ3v) is 5.91. The maximum Gasteiger partial charge on any atom is 0.263 e. The fourth-order valence-electron chi connectivity index (χ4n) is 2.63. The Morgan fingerprint density at radius 3 is 2.57 bits per heavy atom. The van der Waals surface area contributed by atoms with Crippen LogP contribution < -0.4 is 0 Å². The molecular formula is C16H17ClN2O2S2. The molecule has 1 fully saturated rings. The minimum absolute atomic E-state index is 0.0688. The van der Waals surface area contributed by atoms with Crippen molar-refractivity contribution >= 4 is 46.1 Å². The van der Waals surface area contributed by atoms with Crippen LogP contribution in [0.3, 0.4) is 0 Å². The molecule has 2 aromatic heterocycles. The highest BCUT2D eigenvalue weighted by atomic mass is 35.5. The molecule has 1 aliphatic rings. The van der Waals surface area contributed by atoms with Gasteiger partial charge in [0.15, 0.2) is 0 Å². The predicted molar refractivity (Wildman–Crippen MR) is 94.5 cm³/mol. The summed E-state index contributed by atoms with van der Waals surface area (Å²) in [7, 11) is 0. The number of nitrogens with zero attached hydrogens (tertiary/aromatic N) is 2. The van der Waals surface area contributed by atoms with E-state index in [2.05, 4.69) is 0 Å². The van der Waals surface area contributed by atoms with Gasteiger partial charge in [0.2, 0.25) is 5.91 Å². The van der Waals surface area contributed by atoms with Crippen LogP contribution in [0.5, 0.6) is 0 Å². The zero-order valence-corrected chi connectivity index (χ0v) is 14.9. The van der Waals surface area contributed by atoms with Crippen LogP contribution in [0.15, 0.2) is 29.6 Å². The van der Waals surface area contributed by atoms with Crippen molar-refractivity contribution in [2.75, 3.05) is 26.2 Å². The summed E-state index contributed by atoms with van der Waals surface area (Å²) in [5, 5.41) is 1.91. The highest BCUT2D eigenvalue weighted by Crippen LogP contribution is 2.22. The summed E-state index contributed by atoms with van der Waals surface area (Å²) in [5.74, 6) is 0.174. The van der Waals surface area contributed by atoms with Gasteiger partial charge in [0, 0.05) is 31.1 Å². The van der Waals surface area contributed by atoms with E-state index in [1.807, 2.05) is 39.4 Å². The van der Waals surface area contributed by atoms with Crippen LogP contribution in [0.25, 0.3) is 0 Å². The number of amides is 2. The molecule has 0 atom stereocenters. The topological polar surface area (TPSA) is 40.6 Å². The van der Waals surface area contributed by atoms with E-state index >= 15 is 0 Å². The average Bonchev–Trinajstić information content (AvgIpc) is 3.13. The number of halogens is 1. The Morgan fingerprint density at radius 1 is 1.09 bits per heavy atom. The molecular weight excluding hydrogens is 352 g/mol. The molecule has 1 aliphatic heterocycles. The smallest absolute Gasteiger partial charge is 0.263 e. The molecule has 0 saturated carbocycles. The Hall–Kier alpha value is -1.37. The Bertz CT molecular complexity index is 684. The lowest BCUT2D eigenvalue weighted by Crippen LogP contribution is -2.37. The Kier molecular flexibility index (Phi) is 5.35. The molecule has 0 bridgehead atoms. The number of hydrogen-bond acceptors (Lipinski definition) is 4. The molecule has 0 aliphatic carbocycles. The number of carbonyl (C=O) groups is 2. The van der Waals surface area contributed by atoms with Gasteiger partial charge in [-0.3, -0.25) is 9.59 Å². The number of thiophene rings is 2. The van der Waals surface area contributed by atoms with Crippen molar-refractivity contribution in [2.24, 2.45) is 0 Å². The van der Waals surface area contributed by atoms with Gasteiger partial charge in [-0.05, 0) is 30.0 Å². The maximum absolute atomic E-state index is 12.4. The van der Waals surface area contributed by atoms with Crippen molar-refractivity contribution in [1.29, 1.82) is 0 Å². The molecule has 23 heavy (non-hydrogen) atoms. The lowest BCUT2D eigenvalue weighted by molar-refractivity contribution is -0.130. The first kappa shape index (κ1) is 16.5. The molecule has 0 aromatic carbocycles. The van der Waals surface area contributed by atoms with E-state index in [0.29, 0.717) is 36.9 Å². The zero-order valence-electron chi connectivity index (χ0n) is 12.5. The molecule has 0 N–H and O–H groups in total. The summed E-state index contributed by atoms with van der Waals surface area (Å²) < 4.78 is 0.705. The molecule has 3 heterocycles. The van der Waals surface area contributed by atoms with Gasteiger partial charge in [-0.15, -0.1) is 22.7 Å². The minimum atomic E-state index is 0.0688. The lowest BCUT2D eigenvalue weighted by Gasteiger charge is -2.21. The molecule has 122 valence electrons. The van der Waals surface area contributed by atoms with Gasteiger partial charge < -0.3 is 9.80 Å². The van der Waals surface area contributed by atoms with E-state index in [1.165, 1.54) is 22.7 Å². The van der Waals surface area contributed by atoms with Crippen LogP contribution in [-0.2, 0) is 11.2 Å². The van der Waals surface area contributed by atoms with Gasteiger partial charge in [0.1, 0.15) is 0 Å². The second-order valence-corrected chi connectivity index (χ2v) is 8.13. The van der Waals surface area contributed by atoms with E-state index in [1.54, 1.807) is 0 Å². The van der Waals surface area contributed by atoms with Crippen LogP contribution >= 0.6 is 34.3 Å². The zero-order chi connectivity index (χ0) is 16.2. The summed E-state index contributed by atoms with van der Waals surface area (Å²) in [6.07, 6.45) is 1.20. The van der Waals surface area contributed by atoms with Gasteiger partial charge in [-0.25, -0.2) is 0 Å². The summed E-state index contributed by atoms with van der Waals surface area (Å²) >= 11 is 8.81. The molecule has 0 radical (unpaired) electrons. The van der Waals surface area contributed by atoms with Crippen LogP contribution in [0.1, 0.15) is 21.0 Å². The van der Waals surface area contributed by atoms with Crippen molar-refractivity contribution < 1.29 is 9.59 Å². The maximum atomic E-state index is 12.4. The first-order valence-electron chi connectivity index (χ1n) is 7.48. The number of rotatable bonds is 3. The third-order valence-electron chi connectivity index (χ3n) is 3.82. The van der Waals surface area contributed by atoms with Gasteiger partial charge >= 0.3 is 0 Å². The number of carbonyl (C=O) groups excluding carboxylic acids is 2. The van der Waals surface area contributed by atoms with E-state index in [-0.39, 0.29) is 11.8 Å². The van der Waals surface area contributed by atoms with Crippen molar-refractivity contribution in [2.45, 2.75) is 12.8 Å². The van der Waals surface area contributed by atoms with E-state index < -0.39 is 0 Å². The molecule has 4 nitrogen and oxygen atoms in total. The normalized spacial score (nSPS) is 15.5. The predicted octanol–water partition coefficient (Wildman–Crippen LogP) is 3.38. The number of hydrogen-bond donors (Lipinski definition) is 0. The second-order valence-electron chi connectivity index (χ2n) is 5.39. The van der Waals surface area contributed by atoms with Crippen molar-refractivity contribution in [3.05, 3.63) is 43.7 Å². The van der Waals surface area contributed by atoms with Gasteiger partial charge in [0.25, 0.3) is 5.91 Å². The first-order chi connectivity index (χ1) is 11.1. The van der Waals surface area contributed by atoms with E-state index in [9.17, 15) is 9.59 Å². The Labute approximate surface area is 148 Å². The van der Waals surface area contributed by atoms with E-state index in [4.69, 9.17) is 11.6 Å². The highest BCUT2D eigenvalue weighted by Gasteiger charge is 2.23. The largest absolute Gasteiger partial charge is 0.341 e. The van der Waals surface area contributed by atoms with Crippen molar-refractivity contribution in [1.82, 2.24) is 9.80 Å². The second kappa shape index (κ2) is 7.47. The van der Waals surface area contributed by atoms with Crippen LogP contribution in [0, 0.1) is 0 Å². The minimum Gasteiger partial charge on any atom is -0.341 e. The molecule has 0 spiro atoms. The molecule has 2 aromatic rings. The van der Waals surface area contributed by atoms with Crippen molar-refractivity contribution in [3.63, 3.8) is 0 Å². The molecule has 0 unspecified atom stereocenters. The fourth-order valence-corrected chi connectivity index (χ4v) is 4.40. The molecule has 1 saturated heterocycles. The highest BCUT2D eigenvalue weighted by molar-refractivity contribution is 7.16. The van der Waals surface area contributed by atoms with Crippen LogP contribution in [0.2, 0.25) is 4.34 Å². The lowest BCUT2D eigenvalue weighted by atomic mass is 10.3. The standard InChI is InChI=1S/C16H17ClN2O2S2/c17-14-5-4-12(23-14)11-15(20)18-6-2-7-19(9-8-18)16(21)13-3-1-10-22-13/h1,3-5,10H,2,6-9,11H2. The fraction of sp³-hybridized carbons (Fsp3) is 0.375. The van der Waals surface area contributed by atoms with Gasteiger partial charge in [0.05, 0.1) is 15.6 Å². The van der Waals surface area contributed by atoms with E-state index in [0.717, 1.165) is 16.2 Å². The Balaban J connectivity index is 1.57. The van der Waals surface area contributed by atoms with Gasteiger partial charge in [-0.1, -0.05) is 17.7 Å².